The van der Waals surface area contributed by atoms with Gasteiger partial charge in [0.2, 0.25) is 0 Å². The SMILES string of the molecule is [B]C1([B])c2ncccc2C(=O)N1Cc1ccc(Br)cc1C(C)C. The van der Waals surface area contributed by atoms with Gasteiger partial charge in [-0.05, 0) is 41.3 Å². The van der Waals surface area contributed by atoms with Gasteiger partial charge in [0.15, 0.2) is 0 Å². The second-order valence-electron chi connectivity index (χ2n) is 6.11. The number of amides is 1. The number of aromatic nitrogens is 1. The quantitative estimate of drug-likeness (QED) is 0.784. The molecule has 0 spiro atoms. The minimum atomic E-state index is -1.39. The predicted molar refractivity (Wildman–Crippen MR) is 95.5 cm³/mol. The average Bonchev–Trinajstić information content (AvgIpc) is 2.70. The fraction of sp³-hybridized carbons (Fsp3) is 0.294. The van der Waals surface area contributed by atoms with Crippen molar-refractivity contribution in [1.29, 1.82) is 0 Å². The van der Waals surface area contributed by atoms with E-state index in [1.165, 1.54) is 4.90 Å². The van der Waals surface area contributed by atoms with Crippen molar-refractivity contribution in [2.75, 3.05) is 0 Å². The van der Waals surface area contributed by atoms with Gasteiger partial charge in [-0.3, -0.25) is 9.78 Å². The van der Waals surface area contributed by atoms with Crippen molar-refractivity contribution in [3.63, 3.8) is 0 Å². The molecule has 0 saturated carbocycles. The molecule has 0 fully saturated rings. The molecule has 0 saturated heterocycles. The summed E-state index contributed by atoms with van der Waals surface area (Å²) in [6.07, 6.45) is 1.60. The van der Waals surface area contributed by atoms with Crippen molar-refractivity contribution >= 4 is 37.5 Å². The number of carbonyl (C=O) groups is 1. The lowest BCUT2D eigenvalue weighted by atomic mass is 9.59. The van der Waals surface area contributed by atoms with E-state index in [0.29, 0.717) is 23.7 Å². The van der Waals surface area contributed by atoms with Crippen molar-refractivity contribution in [3.05, 3.63) is 63.4 Å². The van der Waals surface area contributed by atoms with Crippen LogP contribution in [-0.2, 0) is 11.9 Å². The van der Waals surface area contributed by atoms with Crippen LogP contribution < -0.4 is 0 Å². The minimum absolute atomic E-state index is 0.185. The molecule has 0 unspecified atom stereocenters. The number of pyridine rings is 1. The van der Waals surface area contributed by atoms with E-state index in [4.69, 9.17) is 15.7 Å². The van der Waals surface area contributed by atoms with Gasteiger partial charge in [-0.2, -0.15) is 0 Å². The third-order valence-electron chi connectivity index (χ3n) is 4.17. The van der Waals surface area contributed by atoms with Crippen LogP contribution in [0.25, 0.3) is 0 Å². The highest BCUT2D eigenvalue weighted by molar-refractivity contribution is 9.10. The molecule has 2 aromatic rings. The maximum absolute atomic E-state index is 12.7. The first-order valence-corrected chi connectivity index (χ1v) is 8.25. The van der Waals surface area contributed by atoms with E-state index in [0.717, 1.165) is 15.6 Å². The summed E-state index contributed by atoms with van der Waals surface area (Å²) < 4.78 is 1.01. The molecule has 1 amide bonds. The molecular weight excluding hydrogens is 350 g/mol. The van der Waals surface area contributed by atoms with Gasteiger partial charge in [-0.15, -0.1) is 0 Å². The molecule has 2 heterocycles. The lowest BCUT2D eigenvalue weighted by Crippen LogP contribution is -2.44. The van der Waals surface area contributed by atoms with Crippen LogP contribution in [0.1, 0.15) is 46.9 Å². The molecule has 0 bridgehead atoms. The largest absolute Gasteiger partial charge is 0.340 e. The predicted octanol–water partition coefficient (Wildman–Crippen LogP) is 3.07. The minimum Gasteiger partial charge on any atom is -0.340 e. The molecule has 6 heteroatoms. The summed E-state index contributed by atoms with van der Waals surface area (Å²) in [5.74, 6) is 0.140. The van der Waals surface area contributed by atoms with Crippen molar-refractivity contribution < 1.29 is 4.79 Å². The summed E-state index contributed by atoms with van der Waals surface area (Å²) in [5.41, 5.74) is 3.09. The summed E-state index contributed by atoms with van der Waals surface area (Å²) >= 11 is 3.49. The van der Waals surface area contributed by atoms with Gasteiger partial charge in [-0.25, -0.2) is 0 Å². The Morgan fingerprint density at radius 3 is 2.70 bits per heavy atom. The summed E-state index contributed by atoms with van der Waals surface area (Å²) in [4.78, 5) is 18.4. The maximum atomic E-state index is 12.7. The van der Waals surface area contributed by atoms with E-state index in [-0.39, 0.29) is 5.91 Å². The fourth-order valence-electron chi connectivity index (χ4n) is 2.96. The number of carbonyl (C=O) groups excluding carboxylic acids is 1. The van der Waals surface area contributed by atoms with E-state index in [2.05, 4.69) is 40.8 Å². The van der Waals surface area contributed by atoms with Crippen LogP contribution in [0.2, 0.25) is 0 Å². The van der Waals surface area contributed by atoms with Crippen molar-refractivity contribution in [2.45, 2.75) is 31.6 Å². The second kappa shape index (κ2) is 5.82. The maximum Gasteiger partial charge on any atom is 0.255 e. The topological polar surface area (TPSA) is 33.2 Å². The summed E-state index contributed by atoms with van der Waals surface area (Å²) in [5, 5.41) is -1.39. The van der Waals surface area contributed by atoms with E-state index in [1.54, 1.807) is 18.3 Å². The number of halogens is 1. The Hall–Kier alpha value is -1.55. The van der Waals surface area contributed by atoms with E-state index in [9.17, 15) is 4.79 Å². The number of hydrogen-bond donors (Lipinski definition) is 0. The van der Waals surface area contributed by atoms with Crippen molar-refractivity contribution in [1.82, 2.24) is 9.88 Å². The highest BCUT2D eigenvalue weighted by Crippen LogP contribution is 2.35. The van der Waals surface area contributed by atoms with Crippen LogP contribution >= 0.6 is 15.9 Å². The molecule has 1 aliphatic heterocycles. The van der Waals surface area contributed by atoms with Crippen LogP contribution in [0, 0.1) is 0 Å². The normalized spacial score (nSPS) is 16.0. The van der Waals surface area contributed by atoms with E-state index < -0.39 is 5.34 Å². The second-order valence-corrected chi connectivity index (χ2v) is 7.03. The molecule has 1 aliphatic rings. The van der Waals surface area contributed by atoms with Gasteiger partial charge in [0.1, 0.15) is 0 Å². The Bertz CT molecular complexity index is 777. The third-order valence-corrected chi connectivity index (χ3v) is 4.66. The zero-order valence-corrected chi connectivity index (χ0v) is 14.7. The van der Waals surface area contributed by atoms with Crippen LogP contribution in [0.3, 0.4) is 0 Å². The first-order valence-electron chi connectivity index (χ1n) is 7.46. The Morgan fingerprint density at radius 1 is 1.30 bits per heavy atom. The smallest absolute Gasteiger partial charge is 0.255 e. The standard InChI is InChI=1S/C17H15B2BrN2O/c1-10(2)14-8-12(20)6-5-11(14)9-22-16(23)13-4-3-7-21-15(13)17(22,18)19/h3-8,10H,9H2,1-2H3. The van der Waals surface area contributed by atoms with Gasteiger partial charge in [0.05, 0.1) is 26.9 Å². The Morgan fingerprint density at radius 2 is 2.04 bits per heavy atom. The Kier molecular flexibility index (Phi) is 4.13. The van der Waals surface area contributed by atoms with Crippen LogP contribution in [0.4, 0.5) is 0 Å². The number of rotatable bonds is 3. The molecule has 0 atom stereocenters. The molecular formula is C17H15B2BrN2O. The molecule has 0 aliphatic carbocycles. The van der Waals surface area contributed by atoms with Gasteiger partial charge in [0.25, 0.3) is 5.91 Å². The first kappa shape index (κ1) is 16.3. The highest BCUT2D eigenvalue weighted by atomic mass is 79.9. The lowest BCUT2D eigenvalue weighted by Gasteiger charge is -2.34. The first-order chi connectivity index (χ1) is 10.8. The van der Waals surface area contributed by atoms with Crippen molar-refractivity contribution in [2.24, 2.45) is 0 Å². The number of nitrogens with zero attached hydrogens (tertiary/aromatic N) is 2. The molecule has 4 radical (unpaired) electrons. The monoisotopic (exact) mass is 364 g/mol. The summed E-state index contributed by atoms with van der Waals surface area (Å²) in [6, 6.07) is 9.46. The zero-order valence-electron chi connectivity index (χ0n) is 13.1. The molecule has 1 aromatic carbocycles. The van der Waals surface area contributed by atoms with E-state index >= 15 is 0 Å². The molecule has 112 valence electrons. The van der Waals surface area contributed by atoms with E-state index in [1.807, 2.05) is 12.1 Å². The highest BCUT2D eigenvalue weighted by Gasteiger charge is 2.42. The van der Waals surface area contributed by atoms with Gasteiger partial charge in [0, 0.05) is 22.6 Å². The number of benzene rings is 1. The van der Waals surface area contributed by atoms with Gasteiger partial charge < -0.3 is 4.90 Å². The van der Waals surface area contributed by atoms with Crippen LogP contribution in [0.5, 0.6) is 0 Å². The summed E-state index contributed by atoms with van der Waals surface area (Å²) in [7, 11) is 12.5. The number of hydrogen-bond acceptors (Lipinski definition) is 2. The lowest BCUT2D eigenvalue weighted by molar-refractivity contribution is 0.0730. The van der Waals surface area contributed by atoms with Crippen LogP contribution in [-0.4, -0.2) is 31.5 Å². The summed E-state index contributed by atoms with van der Waals surface area (Å²) in [6.45, 7) is 4.58. The third kappa shape index (κ3) is 2.73. The Labute approximate surface area is 147 Å². The molecule has 1 aromatic heterocycles. The van der Waals surface area contributed by atoms with Crippen LogP contribution in [0.15, 0.2) is 41.0 Å². The fourth-order valence-corrected chi connectivity index (χ4v) is 3.34. The zero-order chi connectivity index (χ0) is 16.8. The average molecular weight is 365 g/mol. The van der Waals surface area contributed by atoms with Crippen molar-refractivity contribution in [3.8, 4) is 0 Å². The molecule has 23 heavy (non-hydrogen) atoms. The number of fused-ring (bicyclic) bond motifs is 1. The van der Waals surface area contributed by atoms with Gasteiger partial charge >= 0.3 is 0 Å². The molecule has 0 N–H and O–H groups in total. The molecule has 3 rings (SSSR count). The molecule has 3 nitrogen and oxygen atoms in total. The van der Waals surface area contributed by atoms with Gasteiger partial charge in [-0.1, -0.05) is 35.8 Å². The Balaban J connectivity index is 2.01.